The first kappa shape index (κ1) is 11.2. The maximum absolute atomic E-state index is 5.70. The minimum atomic E-state index is 0.607. The first-order valence-electron chi connectivity index (χ1n) is 5.36. The van der Waals surface area contributed by atoms with Gasteiger partial charge in [-0.25, -0.2) is 0 Å². The third-order valence-electron chi connectivity index (χ3n) is 3.16. The summed E-state index contributed by atoms with van der Waals surface area (Å²) in [5.74, 6) is 1.66. The number of halogens is 1. The molecule has 0 radical (unpaired) electrons. The number of hydrogen-bond acceptors (Lipinski definition) is 3. The summed E-state index contributed by atoms with van der Waals surface area (Å²) < 4.78 is 6.48. The molecule has 2 rings (SSSR count). The second kappa shape index (κ2) is 4.68. The molecule has 0 bridgehead atoms. The Kier molecular flexibility index (Phi) is 3.49. The van der Waals surface area contributed by atoms with E-state index < -0.39 is 0 Å². The molecule has 0 saturated carbocycles. The van der Waals surface area contributed by atoms with E-state index in [9.17, 15) is 0 Å². The summed E-state index contributed by atoms with van der Waals surface area (Å²) in [5.41, 5.74) is 5.70. The molecular weight excluding hydrogens is 256 g/mol. The lowest BCUT2D eigenvalue weighted by Crippen LogP contribution is -2.27. The predicted molar refractivity (Wildman–Crippen MR) is 63.4 cm³/mol. The van der Waals surface area contributed by atoms with E-state index in [0.717, 1.165) is 29.9 Å². The van der Waals surface area contributed by atoms with Gasteiger partial charge in [0.15, 0.2) is 0 Å². The standard InChI is InChI=1S/C11H17BrN2O/c1-8-4-9(5-13)6-14(8)7-11-10(12)2-3-15-11/h2-3,8-9H,4-7,13H2,1H3. The number of nitrogens with two attached hydrogens (primary N) is 1. The van der Waals surface area contributed by atoms with Gasteiger partial charge in [-0.1, -0.05) is 0 Å². The lowest BCUT2D eigenvalue weighted by molar-refractivity contribution is 0.234. The third kappa shape index (κ3) is 2.44. The second-order valence-electron chi connectivity index (χ2n) is 4.31. The number of nitrogens with zero attached hydrogens (tertiary/aromatic N) is 1. The van der Waals surface area contributed by atoms with Gasteiger partial charge in [0.2, 0.25) is 0 Å². The summed E-state index contributed by atoms with van der Waals surface area (Å²) in [4.78, 5) is 2.43. The lowest BCUT2D eigenvalue weighted by Gasteiger charge is -2.19. The molecule has 3 nitrogen and oxygen atoms in total. The van der Waals surface area contributed by atoms with E-state index in [4.69, 9.17) is 10.2 Å². The number of hydrogen-bond donors (Lipinski definition) is 1. The molecule has 1 aliphatic heterocycles. The smallest absolute Gasteiger partial charge is 0.131 e. The Balaban J connectivity index is 1.98. The van der Waals surface area contributed by atoms with Crippen molar-refractivity contribution in [3.63, 3.8) is 0 Å². The Hall–Kier alpha value is -0.320. The highest BCUT2D eigenvalue weighted by Crippen LogP contribution is 2.26. The van der Waals surface area contributed by atoms with Crippen LogP contribution in [0.1, 0.15) is 19.1 Å². The number of likely N-dealkylation sites (tertiary alicyclic amines) is 1. The average molecular weight is 273 g/mol. The second-order valence-corrected chi connectivity index (χ2v) is 5.16. The highest BCUT2D eigenvalue weighted by Gasteiger charge is 2.28. The first-order valence-corrected chi connectivity index (χ1v) is 6.16. The molecule has 0 amide bonds. The molecule has 0 aromatic carbocycles. The predicted octanol–water partition coefficient (Wildman–Crippen LogP) is 2.21. The van der Waals surface area contributed by atoms with Gasteiger partial charge in [0.1, 0.15) is 5.76 Å². The van der Waals surface area contributed by atoms with E-state index in [-0.39, 0.29) is 0 Å². The topological polar surface area (TPSA) is 42.4 Å². The Morgan fingerprint density at radius 1 is 1.67 bits per heavy atom. The highest BCUT2D eigenvalue weighted by atomic mass is 79.9. The van der Waals surface area contributed by atoms with Crippen molar-refractivity contribution in [2.45, 2.75) is 25.9 Å². The minimum Gasteiger partial charge on any atom is -0.467 e. The molecule has 4 heteroatoms. The maximum atomic E-state index is 5.70. The Morgan fingerprint density at radius 3 is 3.00 bits per heavy atom. The van der Waals surface area contributed by atoms with Crippen molar-refractivity contribution in [2.24, 2.45) is 11.7 Å². The van der Waals surface area contributed by atoms with E-state index in [1.54, 1.807) is 6.26 Å². The zero-order valence-corrected chi connectivity index (χ0v) is 10.5. The van der Waals surface area contributed by atoms with Crippen LogP contribution in [-0.4, -0.2) is 24.0 Å². The molecule has 2 atom stereocenters. The molecule has 0 spiro atoms. The molecule has 2 N–H and O–H groups in total. The van der Waals surface area contributed by atoms with Gasteiger partial charge in [0, 0.05) is 12.6 Å². The van der Waals surface area contributed by atoms with Gasteiger partial charge in [-0.05, 0) is 47.8 Å². The molecule has 84 valence electrons. The van der Waals surface area contributed by atoms with Crippen LogP contribution in [0.15, 0.2) is 21.2 Å². The van der Waals surface area contributed by atoms with Crippen LogP contribution in [0.25, 0.3) is 0 Å². The summed E-state index contributed by atoms with van der Waals surface area (Å²) in [6, 6.07) is 2.55. The molecule has 15 heavy (non-hydrogen) atoms. The number of furan rings is 1. The molecule has 2 heterocycles. The summed E-state index contributed by atoms with van der Waals surface area (Å²) in [7, 11) is 0. The fourth-order valence-electron chi connectivity index (χ4n) is 2.23. The van der Waals surface area contributed by atoms with Crippen molar-refractivity contribution in [3.05, 3.63) is 22.6 Å². The van der Waals surface area contributed by atoms with E-state index in [2.05, 4.69) is 27.8 Å². The molecular formula is C11H17BrN2O. The molecule has 2 unspecified atom stereocenters. The van der Waals surface area contributed by atoms with E-state index in [1.165, 1.54) is 6.42 Å². The largest absolute Gasteiger partial charge is 0.467 e. The average Bonchev–Trinajstić information content (AvgIpc) is 2.76. The Bertz CT molecular complexity index is 326. The first-order chi connectivity index (χ1) is 7.20. The van der Waals surface area contributed by atoms with Gasteiger partial charge in [-0.3, -0.25) is 4.90 Å². The van der Waals surface area contributed by atoms with Crippen LogP contribution in [0.2, 0.25) is 0 Å². The van der Waals surface area contributed by atoms with Crippen LogP contribution in [-0.2, 0) is 6.54 Å². The van der Waals surface area contributed by atoms with Crippen molar-refractivity contribution >= 4 is 15.9 Å². The highest BCUT2D eigenvalue weighted by molar-refractivity contribution is 9.10. The van der Waals surface area contributed by atoms with Crippen molar-refractivity contribution in [3.8, 4) is 0 Å². The van der Waals surface area contributed by atoms with Crippen LogP contribution in [0.4, 0.5) is 0 Å². The van der Waals surface area contributed by atoms with Crippen molar-refractivity contribution in [2.75, 3.05) is 13.1 Å². The summed E-state index contributed by atoms with van der Waals surface area (Å²) >= 11 is 3.48. The van der Waals surface area contributed by atoms with Crippen LogP contribution >= 0.6 is 15.9 Å². The van der Waals surface area contributed by atoms with Gasteiger partial charge in [-0.15, -0.1) is 0 Å². The van der Waals surface area contributed by atoms with Crippen molar-refractivity contribution in [1.82, 2.24) is 4.90 Å². The fraction of sp³-hybridized carbons (Fsp3) is 0.636. The number of rotatable bonds is 3. The molecule has 1 aliphatic rings. The minimum absolute atomic E-state index is 0.607. The van der Waals surface area contributed by atoms with Crippen molar-refractivity contribution in [1.29, 1.82) is 0 Å². The van der Waals surface area contributed by atoms with Gasteiger partial charge in [0.05, 0.1) is 17.3 Å². The third-order valence-corrected chi connectivity index (χ3v) is 3.87. The van der Waals surface area contributed by atoms with Gasteiger partial charge >= 0.3 is 0 Å². The Labute approximate surface area is 98.7 Å². The summed E-state index contributed by atoms with van der Waals surface area (Å²) in [6.45, 7) is 5.02. The van der Waals surface area contributed by atoms with Crippen molar-refractivity contribution < 1.29 is 4.42 Å². The van der Waals surface area contributed by atoms with E-state index in [0.29, 0.717) is 12.0 Å². The summed E-state index contributed by atoms with van der Waals surface area (Å²) in [5, 5.41) is 0. The quantitative estimate of drug-likeness (QED) is 0.918. The van der Waals surface area contributed by atoms with E-state index in [1.807, 2.05) is 6.07 Å². The zero-order valence-electron chi connectivity index (χ0n) is 8.95. The summed E-state index contributed by atoms with van der Waals surface area (Å²) in [6.07, 6.45) is 2.93. The van der Waals surface area contributed by atoms with Crippen LogP contribution in [0, 0.1) is 5.92 Å². The van der Waals surface area contributed by atoms with Gasteiger partial charge in [0.25, 0.3) is 0 Å². The maximum Gasteiger partial charge on any atom is 0.131 e. The zero-order chi connectivity index (χ0) is 10.8. The normalized spacial score (nSPS) is 27.4. The van der Waals surface area contributed by atoms with Gasteiger partial charge < -0.3 is 10.2 Å². The SMILES string of the molecule is CC1CC(CN)CN1Cc1occc1Br. The molecule has 0 aliphatic carbocycles. The molecule has 1 aromatic heterocycles. The molecule has 1 fully saturated rings. The van der Waals surface area contributed by atoms with Gasteiger partial charge in [-0.2, -0.15) is 0 Å². The van der Waals surface area contributed by atoms with Crippen LogP contribution in [0.5, 0.6) is 0 Å². The lowest BCUT2D eigenvalue weighted by atomic mass is 10.1. The fourth-order valence-corrected chi connectivity index (χ4v) is 2.56. The molecule has 1 aromatic rings. The molecule has 1 saturated heterocycles. The van der Waals surface area contributed by atoms with Crippen LogP contribution in [0.3, 0.4) is 0 Å². The Morgan fingerprint density at radius 2 is 2.47 bits per heavy atom. The van der Waals surface area contributed by atoms with E-state index >= 15 is 0 Å². The van der Waals surface area contributed by atoms with Crippen LogP contribution < -0.4 is 5.73 Å². The monoisotopic (exact) mass is 272 g/mol.